The first-order valence-electron chi connectivity index (χ1n) is 7.15. The molecule has 1 aromatic carbocycles. The molecule has 1 saturated heterocycles. The van der Waals surface area contributed by atoms with Gasteiger partial charge in [0.2, 0.25) is 0 Å². The van der Waals surface area contributed by atoms with Crippen molar-refractivity contribution in [3.05, 3.63) is 34.9 Å². The quantitative estimate of drug-likeness (QED) is 0.859. The third kappa shape index (κ3) is 3.56. The molecule has 100 valence electrons. The zero-order valence-corrected chi connectivity index (χ0v) is 11.6. The van der Waals surface area contributed by atoms with Crippen LogP contribution in [0.1, 0.15) is 54.9 Å². The van der Waals surface area contributed by atoms with Gasteiger partial charge in [0, 0.05) is 6.04 Å². The Hall–Kier alpha value is -0.860. The van der Waals surface area contributed by atoms with Crippen molar-refractivity contribution in [3.8, 4) is 0 Å². The van der Waals surface area contributed by atoms with Gasteiger partial charge in [0.1, 0.15) is 0 Å². The van der Waals surface area contributed by atoms with Gasteiger partial charge in [-0.25, -0.2) is 0 Å². The van der Waals surface area contributed by atoms with Crippen molar-refractivity contribution >= 4 is 0 Å². The first-order valence-corrected chi connectivity index (χ1v) is 7.15. The molecule has 2 nitrogen and oxygen atoms in total. The van der Waals surface area contributed by atoms with E-state index >= 15 is 0 Å². The van der Waals surface area contributed by atoms with E-state index in [4.69, 9.17) is 0 Å². The molecule has 2 heteroatoms. The van der Waals surface area contributed by atoms with Crippen molar-refractivity contribution < 1.29 is 5.11 Å². The van der Waals surface area contributed by atoms with Crippen molar-refractivity contribution in [3.63, 3.8) is 0 Å². The summed E-state index contributed by atoms with van der Waals surface area (Å²) < 4.78 is 0. The first-order chi connectivity index (χ1) is 8.66. The summed E-state index contributed by atoms with van der Waals surface area (Å²) in [6.45, 7) is 5.28. The van der Waals surface area contributed by atoms with E-state index in [1.165, 1.54) is 36.8 Å². The lowest BCUT2D eigenvalue weighted by Gasteiger charge is -2.21. The lowest BCUT2D eigenvalue weighted by molar-refractivity contribution is 0.149. The second-order valence-corrected chi connectivity index (χ2v) is 5.61. The fraction of sp³-hybridized carbons (Fsp3) is 0.625. The normalized spacial score (nSPS) is 22.5. The monoisotopic (exact) mass is 247 g/mol. The molecule has 0 amide bonds. The number of benzene rings is 1. The topological polar surface area (TPSA) is 32.3 Å². The van der Waals surface area contributed by atoms with E-state index in [9.17, 15) is 5.11 Å². The van der Waals surface area contributed by atoms with Crippen LogP contribution < -0.4 is 5.32 Å². The van der Waals surface area contributed by atoms with Crippen LogP contribution in [0.4, 0.5) is 0 Å². The van der Waals surface area contributed by atoms with Gasteiger partial charge in [-0.2, -0.15) is 0 Å². The Kier molecular flexibility index (Phi) is 4.79. The van der Waals surface area contributed by atoms with Gasteiger partial charge >= 0.3 is 0 Å². The second-order valence-electron chi connectivity index (χ2n) is 5.61. The molecule has 2 unspecified atom stereocenters. The summed E-state index contributed by atoms with van der Waals surface area (Å²) >= 11 is 0. The lowest BCUT2D eigenvalue weighted by atomic mass is 9.95. The van der Waals surface area contributed by atoms with Crippen LogP contribution in [0.5, 0.6) is 0 Å². The van der Waals surface area contributed by atoms with E-state index in [1.54, 1.807) is 0 Å². The molecule has 1 aromatic rings. The average molecular weight is 247 g/mol. The number of nitrogens with one attached hydrogen (secondary N) is 1. The van der Waals surface area contributed by atoms with Crippen LogP contribution in [0.15, 0.2) is 18.2 Å². The van der Waals surface area contributed by atoms with Crippen LogP contribution in [-0.4, -0.2) is 17.7 Å². The summed E-state index contributed by atoms with van der Waals surface area (Å²) in [6.07, 6.45) is 5.59. The molecular weight excluding hydrogens is 222 g/mol. The van der Waals surface area contributed by atoms with Crippen LogP contribution in [-0.2, 0) is 0 Å². The molecule has 0 aromatic heterocycles. The van der Waals surface area contributed by atoms with Crippen LogP contribution in [0.25, 0.3) is 0 Å². The molecule has 18 heavy (non-hydrogen) atoms. The predicted octanol–water partition coefficient (Wildman–Crippen LogP) is 3.26. The standard InChI is InChI=1S/C16H25NO/c1-12-7-8-15(13(2)10-12)16(18)11-14-6-4-3-5-9-17-14/h7-8,10,14,16-18H,3-6,9,11H2,1-2H3. The third-order valence-corrected chi connectivity index (χ3v) is 3.95. The van der Waals surface area contributed by atoms with Crippen molar-refractivity contribution in [2.24, 2.45) is 0 Å². The summed E-state index contributed by atoms with van der Waals surface area (Å²) in [5.41, 5.74) is 3.55. The van der Waals surface area contributed by atoms with Crippen LogP contribution in [0.3, 0.4) is 0 Å². The Bertz CT molecular complexity index is 381. The highest BCUT2D eigenvalue weighted by Gasteiger charge is 2.18. The predicted molar refractivity (Wildman–Crippen MR) is 75.8 cm³/mol. The molecule has 2 atom stereocenters. The maximum Gasteiger partial charge on any atom is 0.0807 e. The number of aryl methyl sites for hydroxylation is 2. The highest BCUT2D eigenvalue weighted by atomic mass is 16.3. The largest absolute Gasteiger partial charge is 0.388 e. The van der Waals surface area contributed by atoms with Gasteiger partial charge in [-0.1, -0.05) is 36.6 Å². The summed E-state index contributed by atoms with van der Waals surface area (Å²) in [6, 6.07) is 6.79. The molecule has 2 N–H and O–H groups in total. The van der Waals surface area contributed by atoms with Crippen molar-refractivity contribution in [2.45, 2.75) is 58.1 Å². The van der Waals surface area contributed by atoms with Crippen molar-refractivity contribution in [1.82, 2.24) is 5.32 Å². The number of rotatable bonds is 3. The Morgan fingerprint density at radius 1 is 1.28 bits per heavy atom. The molecule has 1 aliphatic rings. The van der Waals surface area contributed by atoms with Gasteiger partial charge < -0.3 is 10.4 Å². The SMILES string of the molecule is Cc1ccc(C(O)CC2CCCCCN2)c(C)c1. The highest BCUT2D eigenvalue weighted by molar-refractivity contribution is 5.32. The molecule has 0 radical (unpaired) electrons. The highest BCUT2D eigenvalue weighted by Crippen LogP contribution is 2.25. The van der Waals surface area contributed by atoms with Crippen LogP contribution in [0, 0.1) is 13.8 Å². The minimum absolute atomic E-state index is 0.332. The molecule has 0 saturated carbocycles. The van der Waals surface area contributed by atoms with E-state index in [2.05, 4.69) is 37.4 Å². The third-order valence-electron chi connectivity index (χ3n) is 3.95. The Labute approximate surface area is 110 Å². The van der Waals surface area contributed by atoms with Crippen molar-refractivity contribution in [1.29, 1.82) is 0 Å². The molecule has 1 heterocycles. The number of aliphatic hydroxyl groups is 1. The van der Waals surface area contributed by atoms with E-state index < -0.39 is 0 Å². The zero-order valence-electron chi connectivity index (χ0n) is 11.6. The Balaban J connectivity index is 1.99. The molecule has 0 bridgehead atoms. The van der Waals surface area contributed by atoms with Crippen LogP contribution in [0.2, 0.25) is 0 Å². The van der Waals surface area contributed by atoms with E-state index in [1.807, 2.05) is 0 Å². The molecule has 1 aliphatic heterocycles. The van der Waals surface area contributed by atoms with Gasteiger partial charge in [0.15, 0.2) is 0 Å². The minimum Gasteiger partial charge on any atom is -0.388 e. The summed E-state index contributed by atoms with van der Waals surface area (Å²) in [5, 5.41) is 13.9. The molecule has 0 aliphatic carbocycles. The summed E-state index contributed by atoms with van der Waals surface area (Å²) in [4.78, 5) is 0. The molecule has 1 fully saturated rings. The van der Waals surface area contributed by atoms with Crippen molar-refractivity contribution in [2.75, 3.05) is 6.54 Å². The summed E-state index contributed by atoms with van der Waals surface area (Å²) in [5.74, 6) is 0. The van der Waals surface area contributed by atoms with Gasteiger partial charge in [-0.3, -0.25) is 0 Å². The molecule has 2 rings (SSSR count). The van der Waals surface area contributed by atoms with Gasteiger partial charge in [0.05, 0.1) is 6.10 Å². The molecular formula is C16H25NO. The van der Waals surface area contributed by atoms with Gasteiger partial charge in [0.25, 0.3) is 0 Å². The second kappa shape index (κ2) is 6.35. The summed E-state index contributed by atoms with van der Waals surface area (Å²) in [7, 11) is 0. The molecule has 0 spiro atoms. The Morgan fingerprint density at radius 2 is 2.11 bits per heavy atom. The number of hydrogen-bond donors (Lipinski definition) is 2. The minimum atomic E-state index is -0.332. The van der Waals surface area contributed by atoms with Crippen LogP contribution >= 0.6 is 0 Å². The van der Waals surface area contributed by atoms with E-state index in [-0.39, 0.29) is 6.10 Å². The van der Waals surface area contributed by atoms with Gasteiger partial charge in [-0.15, -0.1) is 0 Å². The lowest BCUT2D eigenvalue weighted by Crippen LogP contribution is -2.30. The van der Waals surface area contributed by atoms with E-state index in [0.717, 1.165) is 18.5 Å². The maximum absolute atomic E-state index is 10.4. The number of aliphatic hydroxyl groups excluding tert-OH is 1. The maximum atomic E-state index is 10.4. The zero-order chi connectivity index (χ0) is 13.0. The Morgan fingerprint density at radius 3 is 2.89 bits per heavy atom. The first kappa shape index (κ1) is 13.6. The van der Waals surface area contributed by atoms with Gasteiger partial charge in [-0.05, 0) is 50.8 Å². The smallest absolute Gasteiger partial charge is 0.0807 e. The van der Waals surface area contributed by atoms with E-state index in [0.29, 0.717) is 6.04 Å². The fourth-order valence-corrected chi connectivity index (χ4v) is 2.90. The fourth-order valence-electron chi connectivity index (χ4n) is 2.90. The number of hydrogen-bond acceptors (Lipinski definition) is 2. The average Bonchev–Trinajstić information content (AvgIpc) is 2.57.